The van der Waals surface area contributed by atoms with Gasteiger partial charge < -0.3 is 10.4 Å². The third kappa shape index (κ3) is 3.94. The number of aliphatic hydroxyl groups excluding tert-OH is 1. The van der Waals surface area contributed by atoms with Gasteiger partial charge in [-0.25, -0.2) is 0 Å². The largest absolute Gasteiger partial charge is 0.386 e. The number of hydrogen-bond donors (Lipinski definition) is 2. The molecule has 2 N–H and O–H groups in total. The van der Waals surface area contributed by atoms with E-state index in [-0.39, 0.29) is 5.56 Å². The van der Waals surface area contributed by atoms with Gasteiger partial charge in [-0.3, -0.25) is 14.3 Å². The number of hydrogen-bond acceptors (Lipinski definition) is 5. The van der Waals surface area contributed by atoms with Crippen molar-refractivity contribution < 1.29 is 9.90 Å². The highest BCUT2D eigenvalue weighted by atomic mass is 35.5. The predicted molar refractivity (Wildman–Crippen MR) is 123 cm³/mol. The Morgan fingerprint density at radius 1 is 1.18 bits per heavy atom. The topological polar surface area (TPSA) is 102 Å². The van der Waals surface area contributed by atoms with Crippen LogP contribution < -0.4 is 10.9 Å². The van der Waals surface area contributed by atoms with Crippen molar-refractivity contribution in [2.75, 3.05) is 0 Å². The van der Waals surface area contributed by atoms with Crippen LogP contribution in [-0.4, -0.2) is 36.6 Å². The van der Waals surface area contributed by atoms with E-state index in [1.54, 1.807) is 42.2 Å². The molecule has 0 aliphatic heterocycles. The Hall–Kier alpha value is -3.75. The SMILES string of the molecule is Cn1cc(-n2nc(-c3ccc(Cl)cc3)cc(C(=O)NC3Cc4ccccc4C3O)c2=O)cn1. The van der Waals surface area contributed by atoms with Crippen LogP contribution >= 0.6 is 11.6 Å². The van der Waals surface area contributed by atoms with Crippen LogP contribution in [0.2, 0.25) is 5.02 Å². The molecule has 5 rings (SSSR count). The van der Waals surface area contributed by atoms with E-state index in [0.717, 1.165) is 15.8 Å². The third-order valence-electron chi connectivity index (χ3n) is 5.74. The summed E-state index contributed by atoms with van der Waals surface area (Å²) in [5, 5.41) is 22.6. The highest BCUT2D eigenvalue weighted by molar-refractivity contribution is 6.30. The zero-order valence-corrected chi connectivity index (χ0v) is 18.4. The zero-order chi connectivity index (χ0) is 23.1. The maximum atomic E-state index is 13.3. The van der Waals surface area contributed by atoms with E-state index < -0.39 is 23.6 Å². The van der Waals surface area contributed by atoms with Gasteiger partial charge in [0.25, 0.3) is 11.5 Å². The summed E-state index contributed by atoms with van der Waals surface area (Å²) in [6, 6.07) is 15.4. The minimum Gasteiger partial charge on any atom is -0.386 e. The van der Waals surface area contributed by atoms with Gasteiger partial charge >= 0.3 is 0 Å². The van der Waals surface area contributed by atoms with Crippen molar-refractivity contribution in [2.45, 2.75) is 18.6 Å². The number of fused-ring (bicyclic) bond motifs is 1. The van der Waals surface area contributed by atoms with Crippen LogP contribution in [0.1, 0.15) is 27.6 Å². The first-order chi connectivity index (χ1) is 15.9. The smallest absolute Gasteiger partial charge is 0.284 e. The number of aryl methyl sites for hydroxylation is 1. The molecule has 1 aliphatic carbocycles. The Bertz CT molecular complexity index is 1410. The molecule has 0 saturated heterocycles. The number of carbonyl (C=O) groups excluding carboxylic acids is 1. The van der Waals surface area contributed by atoms with Crippen molar-refractivity contribution in [1.29, 1.82) is 0 Å². The molecule has 2 unspecified atom stereocenters. The molecule has 9 heteroatoms. The second kappa shape index (κ2) is 8.31. The molecule has 166 valence electrons. The Balaban J connectivity index is 1.55. The summed E-state index contributed by atoms with van der Waals surface area (Å²) in [5.41, 5.74) is 2.65. The summed E-state index contributed by atoms with van der Waals surface area (Å²) in [5.74, 6) is -0.577. The zero-order valence-electron chi connectivity index (χ0n) is 17.6. The van der Waals surface area contributed by atoms with E-state index in [0.29, 0.717) is 28.4 Å². The minimum atomic E-state index is -0.844. The van der Waals surface area contributed by atoms with Gasteiger partial charge in [0.1, 0.15) is 11.3 Å². The first-order valence-corrected chi connectivity index (χ1v) is 10.7. The fraction of sp³-hybridized carbons (Fsp3) is 0.167. The lowest BCUT2D eigenvalue weighted by atomic mass is 10.1. The molecule has 2 aromatic heterocycles. The number of aliphatic hydroxyl groups is 1. The molecule has 0 saturated carbocycles. The number of rotatable bonds is 4. The molecule has 1 aliphatic rings. The van der Waals surface area contributed by atoms with Crippen molar-refractivity contribution in [3.8, 4) is 16.9 Å². The van der Waals surface area contributed by atoms with E-state index in [9.17, 15) is 14.7 Å². The van der Waals surface area contributed by atoms with Gasteiger partial charge in [-0.15, -0.1) is 0 Å². The van der Waals surface area contributed by atoms with Gasteiger partial charge in [0.15, 0.2) is 0 Å². The molecule has 0 spiro atoms. The molecular formula is C24H20ClN5O3. The molecule has 2 atom stereocenters. The van der Waals surface area contributed by atoms with E-state index in [2.05, 4.69) is 15.5 Å². The van der Waals surface area contributed by atoms with Crippen molar-refractivity contribution >= 4 is 17.5 Å². The number of aromatic nitrogens is 4. The summed E-state index contributed by atoms with van der Waals surface area (Å²) < 4.78 is 2.70. The molecule has 2 aromatic carbocycles. The molecule has 0 radical (unpaired) electrons. The first kappa shape index (κ1) is 21.1. The highest BCUT2D eigenvalue weighted by Gasteiger charge is 2.32. The van der Waals surface area contributed by atoms with Crippen LogP contribution in [0.4, 0.5) is 0 Å². The predicted octanol–water partition coefficient (Wildman–Crippen LogP) is 2.67. The summed E-state index contributed by atoms with van der Waals surface area (Å²) in [6.07, 6.45) is 2.77. The Kier molecular flexibility index (Phi) is 5.32. The van der Waals surface area contributed by atoms with Crippen molar-refractivity contribution in [3.63, 3.8) is 0 Å². The van der Waals surface area contributed by atoms with Crippen molar-refractivity contribution in [2.24, 2.45) is 7.05 Å². The summed E-state index contributed by atoms with van der Waals surface area (Å²) in [4.78, 5) is 26.5. The highest BCUT2D eigenvalue weighted by Crippen LogP contribution is 2.31. The Labute approximate surface area is 194 Å². The monoisotopic (exact) mass is 461 g/mol. The van der Waals surface area contributed by atoms with Crippen molar-refractivity contribution in [1.82, 2.24) is 24.9 Å². The number of amides is 1. The molecular weight excluding hydrogens is 442 g/mol. The molecule has 8 nitrogen and oxygen atoms in total. The van der Waals surface area contributed by atoms with E-state index in [1.165, 1.54) is 12.3 Å². The van der Waals surface area contributed by atoms with Crippen LogP contribution in [0, 0.1) is 0 Å². The number of nitrogens with zero attached hydrogens (tertiary/aromatic N) is 4. The molecule has 2 heterocycles. The van der Waals surface area contributed by atoms with Gasteiger partial charge in [0.05, 0.1) is 30.2 Å². The average Bonchev–Trinajstić information content (AvgIpc) is 3.38. The number of halogens is 1. The number of nitrogens with one attached hydrogen (secondary N) is 1. The molecule has 1 amide bonds. The summed E-state index contributed by atoms with van der Waals surface area (Å²) >= 11 is 6.01. The lowest BCUT2D eigenvalue weighted by molar-refractivity contribution is 0.0856. The van der Waals surface area contributed by atoms with Gasteiger partial charge in [-0.05, 0) is 35.7 Å². The molecule has 0 fully saturated rings. The van der Waals surface area contributed by atoms with Gasteiger partial charge in [-0.1, -0.05) is 48.0 Å². The van der Waals surface area contributed by atoms with Crippen LogP contribution in [0.3, 0.4) is 0 Å². The molecule has 4 aromatic rings. The number of carbonyl (C=O) groups is 1. The lowest BCUT2D eigenvalue weighted by Gasteiger charge is -2.17. The average molecular weight is 462 g/mol. The van der Waals surface area contributed by atoms with Crippen LogP contribution in [-0.2, 0) is 13.5 Å². The normalized spacial score (nSPS) is 17.1. The third-order valence-corrected chi connectivity index (χ3v) is 6.00. The van der Waals surface area contributed by atoms with Crippen molar-refractivity contribution in [3.05, 3.63) is 99.1 Å². The quantitative estimate of drug-likeness (QED) is 0.486. The van der Waals surface area contributed by atoms with Crippen LogP contribution in [0.25, 0.3) is 16.9 Å². The van der Waals surface area contributed by atoms with Gasteiger partial charge in [-0.2, -0.15) is 14.9 Å². The standard InChI is InChI=1S/C24H20ClN5O3/c1-29-13-17(12-26-29)30-24(33)19(11-20(28-30)14-6-8-16(25)9-7-14)23(32)27-21-10-15-4-2-3-5-18(15)22(21)31/h2-9,11-13,21-22,31H,10H2,1H3,(H,27,32). The fourth-order valence-electron chi connectivity index (χ4n) is 4.06. The second-order valence-corrected chi connectivity index (χ2v) is 8.40. The maximum Gasteiger partial charge on any atom is 0.284 e. The van der Waals surface area contributed by atoms with Gasteiger partial charge in [0.2, 0.25) is 0 Å². The second-order valence-electron chi connectivity index (χ2n) is 7.97. The Morgan fingerprint density at radius 3 is 2.64 bits per heavy atom. The van der Waals surface area contributed by atoms with Crippen LogP contribution in [0.15, 0.2) is 71.8 Å². The fourth-order valence-corrected chi connectivity index (χ4v) is 4.19. The van der Waals surface area contributed by atoms with E-state index in [1.807, 2.05) is 24.3 Å². The summed E-state index contributed by atoms with van der Waals surface area (Å²) in [6.45, 7) is 0. The first-order valence-electron chi connectivity index (χ1n) is 10.4. The van der Waals surface area contributed by atoms with E-state index >= 15 is 0 Å². The number of benzene rings is 2. The van der Waals surface area contributed by atoms with E-state index in [4.69, 9.17) is 11.6 Å². The maximum absolute atomic E-state index is 13.3. The molecule has 33 heavy (non-hydrogen) atoms. The summed E-state index contributed by atoms with van der Waals surface area (Å²) in [7, 11) is 1.73. The van der Waals surface area contributed by atoms with Gasteiger partial charge in [0, 0.05) is 17.6 Å². The molecule has 0 bridgehead atoms. The Morgan fingerprint density at radius 2 is 1.94 bits per heavy atom. The van der Waals surface area contributed by atoms with Crippen LogP contribution in [0.5, 0.6) is 0 Å². The minimum absolute atomic E-state index is 0.0815. The lowest BCUT2D eigenvalue weighted by Crippen LogP contribution is -2.41.